The summed E-state index contributed by atoms with van der Waals surface area (Å²) in [6.45, 7) is 0. The summed E-state index contributed by atoms with van der Waals surface area (Å²) < 4.78 is 18.9. The van der Waals surface area contributed by atoms with E-state index in [0.717, 1.165) is 0 Å². The molecule has 16 heavy (non-hydrogen) atoms. The Bertz CT molecular complexity index is 393. The summed E-state index contributed by atoms with van der Waals surface area (Å²) >= 11 is 3.06. The Morgan fingerprint density at radius 3 is 2.81 bits per heavy atom. The third kappa shape index (κ3) is 3.20. The van der Waals surface area contributed by atoms with Gasteiger partial charge in [-0.1, -0.05) is 6.07 Å². The minimum absolute atomic E-state index is 0.0703. The van der Waals surface area contributed by atoms with Crippen LogP contribution in [-0.4, -0.2) is 18.2 Å². The highest BCUT2D eigenvalue weighted by Crippen LogP contribution is 2.29. The Morgan fingerprint density at radius 1 is 1.56 bits per heavy atom. The van der Waals surface area contributed by atoms with E-state index in [2.05, 4.69) is 15.9 Å². The first kappa shape index (κ1) is 13.0. The van der Waals surface area contributed by atoms with E-state index < -0.39 is 11.8 Å². The van der Waals surface area contributed by atoms with E-state index in [-0.39, 0.29) is 12.2 Å². The Kier molecular flexibility index (Phi) is 4.73. The van der Waals surface area contributed by atoms with Crippen molar-refractivity contribution in [2.45, 2.75) is 19.3 Å². The third-order valence-corrected chi connectivity index (χ3v) is 2.78. The molecule has 1 N–H and O–H groups in total. The highest BCUT2D eigenvalue weighted by molar-refractivity contribution is 9.10. The molecule has 0 bridgehead atoms. The van der Waals surface area contributed by atoms with E-state index in [1.807, 2.05) is 0 Å². The highest BCUT2D eigenvalue weighted by Gasteiger charge is 2.12. The zero-order valence-electron chi connectivity index (χ0n) is 8.80. The lowest BCUT2D eigenvalue weighted by Crippen LogP contribution is -1.99. The van der Waals surface area contributed by atoms with Crippen molar-refractivity contribution >= 4 is 21.9 Å². The van der Waals surface area contributed by atoms with Crippen molar-refractivity contribution in [3.63, 3.8) is 0 Å². The molecule has 1 aromatic rings. The maximum atomic E-state index is 13.6. The normalized spacial score (nSPS) is 10.2. The number of rotatable bonds is 5. The summed E-state index contributed by atoms with van der Waals surface area (Å²) in [5, 5.41) is 8.50. The van der Waals surface area contributed by atoms with Crippen molar-refractivity contribution in [1.82, 2.24) is 0 Å². The summed E-state index contributed by atoms with van der Waals surface area (Å²) in [6, 6.07) is 3.32. The summed E-state index contributed by atoms with van der Waals surface area (Å²) in [7, 11) is 1.39. The number of carboxylic acids is 1. The third-order valence-electron chi connectivity index (χ3n) is 2.17. The topological polar surface area (TPSA) is 46.5 Å². The predicted octanol–water partition coefficient (Wildman–Crippen LogP) is 3.00. The average Bonchev–Trinajstić information content (AvgIpc) is 2.23. The zero-order chi connectivity index (χ0) is 12.1. The van der Waals surface area contributed by atoms with Crippen molar-refractivity contribution in [1.29, 1.82) is 0 Å². The van der Waals surface area contributed by atoms with Crippen molar-refractivity contribution in [3.05, 3.63) is 28.0 Å². The lowest BCUT2D eigenvalue weighted by atomic mass is 10.1. The average molecular weight is 291 g/mol. The number of hydrogen-bond donors (Lipinski definition) is 1. The molecule has 88 valence electrons. The first-order valence-electron chi connectivity index (χ1n) is 4.79. The summed E-state index contributed by atoms with van der Waals surface area (Å²) in [5.74, 6) is -1.12. The Balaban J connectivity index is 2.79. The monoisotopic (exact) mass is 290 g/mol. The fraction of sp³-hybridized carbons (Fsp3) is 0.364. The van der Waals surface area contributed by atoms with Crippen LogP contribution in [0.1, 0.15) is 18.4 Å². The van der Waals surface area contributed by atoms with Crippen molar-refractivity contribution < 1.29 is 19.0 Å². The molecule has 0 spiro atoms. The fourth-order valence-electron chi connectivity index (χ4n) is 1.42. The van der Waals surface area contributed by atoms with Gasteiger partial charge in [-0.15, -0.1) is 0 Å². The molecule has 0 saturated carbocycles. The molecule has 0 unspecified atom stereocenters. The first-order chi connectivity index (χ1) is 7.56. The van der Waals surface area contributed by atoms with Crippen LogP contribution in [0.4, 0.5) is 4.39 Å². The van der Waals surface area contributed by atoms with E-state index >= 15 is 0 Å². The summed E-state index contributed by atoms with van der Waals surface area (Å²) in [4.78, 5) is 10.4. The van der Waals surface area contributed by atoms with Crippen LogP contribution in [-0.2, 0) is 11.2 Å². The maximum Gasteiger partial charge on any atom is 0.303 e. The van der Waals surface area contributed by atoms with Gasteiger partial charge in [-0.2, -0.15) is 0 Å². The van der Waals surface area contributed by atoms with Gasteiger partial charge in [0.1, 0.15) is 0 Å². The van der Waals surface area contributed by atoms with Gasteiger partial charge in [-0.25, -0.2) is 4.39 Å². The molecule has 1 aromatic carbocycles. The Labute approximate surface area is 101 Å². The largest absolute Gasteiger partial charge is 0.493 e. The van der Waals surface area contributed by atoms with Gasteiger partial charge in [-0.3, -0.25) is 4.79 Å². The molecule has 0 saturated heterocycles. The van der Waals surface area contributed by atoms with Crippen LogP contribution >= 0.6 is 15.9 Å². The van der Waals surface area contributed by atoms with Gasteiger partial charge in [-0.05, 0) is 40.4 Å². The van der Waals surface area contributed by atoms with Crippen molar-refractivity contribution in [2.24, 2.45) is 0 Å². The second-order valence-electron chi connectivity index (χ2n) is 3.30. The van der Waals surface area contributed by atoms with E-state index in [0.29, 0.717) is 22.9 Å². The molecule has 0 aromatic heterocycles. The van der Waals surface area contributed by atoms with E-state index in [4.69, 9.17) is 9.84 Å². The number of halogens is 2. The van der Waals surface area contributed by atoms with Gasteiger partial charge in [0, 0.05) is 6.42 Å². The number of benzene rings is 1. The van der Waals surface area contributed by atoms with Gasteiger partial charge in [0.15, 0.2) is 11.6 Å². The second kappa shape index (κ2) is 5.84. The molecule has 1 rings (SSSR count). The summed E-state index contributed by atoms with van der Waals surface area (Å²) in [5.41, 5.74) is 0.685. The van der Waals surface area contributed by atoms with Crippen LogP contribution in [0.2, 0.25) is 0 Å². The lowest BCUT2D eigenvalue weighted by molar-refractivity contribution is -0.137. The molecule has 0 atom stereocenters. The number of aliphatic carboxylic acids is 1. The molecule has 0 aliphatic rings. The standard InChI is InChI=1S/C11H12BrFO3/c1-16-11-7(3-2-4-9(14)15)5-6-8(12)10(11)13/h5-6H,2-4H2,1H3,(H,14,15). The van der Waals surface area contributed by atoms with Crippen LogP contribution in [0, 0.1) is 5.82 Å². The van der Waals surface area contributed by atoms with Gasteiger partial charge < -0.3 is 9.84 Å². The van der Waals surface area contributed by atoms with Crippen LogP contribution in [0.5, 0.6) is 5.75 Å². The van der Waals surface area contributed by atoms with E-state index in [1.165, 1.54) is 7.11 Å². The molecule has 0 radical (unpaired) electrons. The first-order valence-corrected chi connectivity index (χ1v) is 5.58. The molecule has 0 fully saturated rings. The lowest BCUT2D eigenvalue weighted by Gasteiger charge is -2.09. The minimum atomic E-state index is -0.850. The second-order valence-corrected chi connectivity index (χ2v) is 4.16. The molecule has 5 heteroatoms. The predicted molar refractivity (Wildman–Crippen MR) is 61.2 cm³/mol. The van der Waals surface area contributed by atoms with Crippen LogP contribution < -0.4 is 4.74 Å². The zero-order valence-corrected chi connectivity index (χ0v) is 10.4. The molecule has 0 aliphatic heterocycles. The number of aryl methyl sites for hydroxylation is 1. The van der Waals surface area contributed by atoms with Crippen molar-refractivity contribution in [3.8, 4) is 5.75 Å². The van der Waals surface area contributed by atoms with Gasteiger partial charge in [0.2, 0.25) is 0 Å². The van der Waals surface area contributed by atoms with E-state index in [1.54, 1.807) is 12.1 Å². The molecular weight excluding hydrogens is 279 g/mol. The molecule has 3 nitrogen and oxygen atoms in total. The number of hydrogen-bond acceptors (Lipinski definition) is 2. The van der Waals surface area contributed by atoms with E-state index in [9.17, 15) is 9.18 Å². The van der Waals surface area contributed by atoms with Gasteiger partial charge in [0.25, 0.3) is 0 Å². The smallest absolute Gasteiger partial charge is 0.303 e. The highest BCUT2D eigenvalue weighted by atomic mass is 79.9. The Morgan fingerprint density at radius 2 is 2.25 bits per heavy atom. The van der Waals surface area contributed by atoms with Crippen LogP contribution in [0.3, 0.4) is 0 Å². The van der Waals surface area contributed by atoms with Crippen LogP contribution in [0.15, 0.2) is 16.6 Å². The molecule has 0 amide bonds. The van der Waals surface area contributed by atoms with Gasteiger partial charge in [0.05, 0.1) is 11.6 Å². The fourth-order valence-corrected chi connectivity index (χ4v) is 1.73. The quantitative estimate of drug-likeness (QED) is 0.907. The number of ether oxygens (including phenoxy) is 1. The number of carbonyl (C=O) groups is 1. The van der Waals surface area contributed by atoms with Gasteiger partial charge >= 0.3 is 5.97 Å². The number of carboxylic acid groups (broad SMARTS) is 1. The SMILES string of the molecule is COc1c(CCCC(=O)O)ccc(Br)c1F. The maximum absolute atomic E-state index is 13.6. The van der Waals surface area contributed by atoms with Crippen LogP contribution in [0.25, 0.3) is 0 Å². The summed E-state index contributed by atoms with van der Waals surface area (Å²) in [6.07, 6.45) is 1.02. The molecular formula is C11H12BrFO3. The number of methoxy groups -OCH3 is 1. The minimum Gasteiger partial charge on any atom is -0.493 e. The Hall–Kier alpha value is -1.10. The van der Waals surface area contributed by atoms with Crippen molar-refractivity contribution in [2.75, 3.05) is 7.11 Å². The molecule has 0 heterocycles. The molecule has 0 aliphatic carbocycles.